The first-order valence-corrected chi connectivity index (χ1v) is 16.5. The maximum atomic E-state index is 2.44. The van der Waals surface area contributed by atoms with E-state index in [4.69, 9.17) is 0 Å². The summed E-state index contributed by atoms with van der Waals surface area (Å²) in [5.41, 5.74) is 12.1. The largest absolute Gasteiger partial charge is 0.309 e. The molecule has 0 atom stereocenters. The molecule has 0 aliphatic rings. The van der Waals surface area contributed by atoms with E-state index in [1.165, 1.54) is 82.3 Å². The summed E-state index contributed by atoms with van der Waals surface area (Å²) in [5, 5.41) is 7.49. The lowest BCUT2D eigenvalue weighted by molar-refractivity contribution is 1.18. The van der Waals surface area contributed by atoms with E-state index in [1.807, 2.05) is 0 Å². The topological polar surface area (TPSA) is 9.86 Å². The minimum Gasteiger partial charge on any atom is -0.309 e. The van der Waals surface area contributed by atoms with Crippen LogP contribution < -0.4 is 0 Å². The summed E-state index contributed by atoms with van der Waals surface area (Å²) in [4.78, 5) is 0. The Labute approximate surface area is 278 Å². The van der Waals surface area contributed by atoms with Crippen LogP contribution in [-0.4, -0.2) is 9.13 Å². The molecule has 10 rings (SSSR count). The van der Waals surface area contributed by atoms with E-state index >= 15 is 0 Å². The number of fused-ring (bicyclic) bond motifs is 7. The Balaban J connectivity index is 1.19. The van der Waals surface area contributed by atoms with E-state index in [0.717, 1.165) is 5.69 Å². The Morgan fingerprint density at radius 3 is 1.31 bits per heavy atom. The van der Waals surface area contributed by atoms with Crippen molar-refractivity contribution in [2.24, 2.45) is 0 Å². The zero-order valence-corrected chi connectivity index (χ0v) is 26.2. The second-order valence-electron chi connectivity index (χ2n) is 12.6. The molecule has 0 radical (unpaired) electrons. The second-order valence-corrected chi connectivity index (χ2v) is 12.6. The van der Waals surface area contributed by atoms with Crippen molar-refractivity contribution in [2.75, 3.05) is 0 Å². The fourth-order valence-electron chi connectivity index (χ4n) is 7.60. The summed E-state index contributed by atoms with van der Waals surface area (Å²) in [5.74, 6) is 0. The fraction of sp³-hybridized carbons (Fsp3) is 0. The Morgan fingerprint density at radius 1 is 0.250 bits per heavy atom. The summed E-state index contributed by atoms with van der Waals surface area (Å²) in [6.07, 6.45) is 0. The van der Waals surface area contributed by atoms with Crippen LogP contribution in [0.3, 0.4) is 0 Å². The van der Waals surface area contributed by atoms with Crippen molar-refractivity contribution in [3.05, 3.63) is 182 Å². The Bertz CT molecular complexity index is 2800. The molecule has 0 saturated heterocycles. The number of hydrogen-bond donors (Lipinski definition) is 0. The first kappa shape index (κ1) is 26.8. The van der Waals surface area contributed by atoms with Crippen LogP contribution in [0.25, 0.3) is 88.0 Å². The van der Waals surface area contributed by atoms with Gasteiger partial charge in [-0.05, 0) is 87.6 Å². The van der Waals surface area contributed by atoms with E-state index in [-0.39, 0.29) is 0 Å². The zero-order chi connectivity index (χ0) is 31.6. The number of aromatic nitrogens is 2. The molecular formula is C46H30N2. The SMILES string of the molecule is c1ccc(-c2ccc(-n3c4ccccc4c4cc5c(cc43)c3ccccc3n5-c3ccc4cc(-c5ccccc5)ccc4c3)cc2)cc1. The van der Waals surface area contributed by atoms with E-state index in [0.29, 0.717) is 0 Å². The van der Waals surface area contributed by atoms with Crippen molar-refractivity contribution >= 4 is 54.4 Å². The van der Waals surface area contributed by atoms with Gasteiger partial charge in [-0.2, -0.15) is 0 Å². The predicted molar refractivity (Wildman–Crippen MR) is 203 cm³/mol. The van der Waals surface area contributed by atoms with Gasteiger partial charge < -0.3 is 9.13 Å². The highest BCUT2D eigenvalue weighted by molar-refractivity contribution is 6.19. The highest BCUT2D eigenvalue weighted by Gasteiger charge is 2.18. The average molecular weight is 611 g/mol. The van der Waals surface area contributed by atoms with Gasteiger partial charge in [0.15, 0.2) is 0 Å². The molecule has 2 heteroatoms. The maximum absolute atomic E-state index is 2.44. The third-order valence-electron chi connectivity index (χ3n) is 9.89. The van der Waals surface area contributed by atoms with Gasteiger partial charge >= 0.3 is 0 Å². The van der Waals surface area contributed by atoms with Gasteiger partial charge in [0.2, 0.25) is 0 Å². The van der Waals surface area contributed by atoms with E-state index < -0.39 is 0 Å². The van der Waals surface area contributed by atoms with E-state index in [9.17, 15) is 0 Å². The molecule has 0 spiro atoms. The molecule has 0 amide bonds. The monoisotopic (exact) mass is 610 g/mol. The minimum absolute atomic E-state index is 1.16. The van der Waals surface area contributed by atoms with Gasteiger partial charge in [-0.1, -0.05) is 127 Å². The van der Waals surface area contributed by atoms with Gasteiger partial charge in [-0.25, -0.2) is 0 Å². The number of hydrogen-bond acceptors (Lipinski definition) is 0. The van der Waals surface area contributed by atoms with Crippen molar-refractivity contribution in [1.82, 2.24) is 9.13 Å². The number of nitrogens with zero attached hydrogens (tertiary/aromatic N) is 2. The molecule has 2 aromatic heterocycles. The van der Waals surface area contributed by atoms with Gasteiger partial charge in [-0.15, -0.1) is 0 Å². The first-order valence-electron chi connectivity index (χ1n) is 16.5. The van der Waals surface area contributed by atoms with Crippen LogP contribution in [0.5, 0.6) is 0 Å². The Kier molecular flexibility index (Phi) is 5.91. The number of rotatable bonds is 4. The van der Waals surface area contributed by atoms with Crippen LogP contribution in [0, 0.1) is 0 Å². The molecule has 0 N–H and O–H groups in total. The van der Waals surface area contributed by atoms with Crippen LogP contribution in [0.15, 0.2) is 182 Å². The van der Waals surface area contributed by atoms with Gasteiger partial charge in [0.1, 0.15) is 0 Å². The van der Waals surface area contributed by atoms with Crippen molar-refractivity contribution in [3.63, 3.8) is 0 Å². The molecule has 0 fully saturated rings. The molecule has 48 heavy (non-hydrogen) atoms. The molecule has 10 aromatic rings. The molecule has 0 unspecified atom stereocenters. The summed E-state index contributed by atoms with van der Waals surface area (Å²) in [7, 11) is 0. The molecule has 0 aliphatic heterocycles. The van der Waals surface area contributed by atoms with Crippen LogP contribution in [0.2, 0.25) is 0 Å². The maximum Gasteiger partial charge on any atom is 0.0548 e. The number of para-hydroxylation sites is 2. The zero-order valence-electron chi connectivity index (χ0n) is 26.2. The van der Waals surface area contributed by atoms with Gasteiger partial charge in [0.25, 0.3) is 0 Å². The summed E-state index contributed by atoms with van der Waals surface area (Å²) >= 11 is 0. The van der Waals surface area contributed by atoms with Gasteiger partial charge in [0.05, 0.1) is 22.1 Å². The molecule has 0 bridgehead atoms. The molecule has 2 heterocycles. The fourth-order valence-corrected chi connectivity index (χ4v) is 7.60. The lowest BCUT2D eigenvalue weighted by Gasteiger charge is -2.11. The quantitative estimate of drug-likeness (QED) is 0.188. The summed E-state index contributed by atoms with van der Waals surface area (Å²) < 4.78 is 4.86. The summed E-state index contributed by atoms with van der Waals surface area (Å²) in [6, 6.07) is 66.2. The van der Waals surface area contributed by atoms with Crippen molar-refractivity contribution in [3.8, 4) is 33.6 Å². The second kappa shape index (κ2) is 10.6. The standard InChI is InChI=1S/C46H30N2/c1-3-11-31(12-4-1)33-21-24-37(25-22-33)47-43-17-9-7-15-39(43)41-30-46-42(29-45(41)47)40-16-8-10-18-44(40)48(46)38-26-23-35-27-34(19-20-36(35)28-38)32-13-5-2-6-14-32/h1-30H. The molecule has 2 nitrogen and oxygen atoms in total. The molecule has 0 saturated carbocycles. The third-order valence-corrected chi connectivity index (χ3v) is 9.89. The predicted octanol–water partition coefficient (Wildman–Crippen LogP) is 12.4. The molecule has 224 valence electrons. The van der Waals surface area contributed by atoms with Crippen molar-refractivity contribution < 1.29 is 0 Å². The van der Waals surface area contributed by atoms with Crippen LogP contribution >= 0.6 is 0 Å². The lowest BCUT2D eigenvalue weighted by Crippen LogP contribution is -1.95. The first-order chi connectivity index (χ1) is 23.8. The summed E-state index contributed by atoms with van der Waals surface area (Å²) in [6.45, 7) is 0. The highest BCUT2D eigenvalue weighted by atomic mass is 15.0. The average Bonchev–Trinajstić information content (AvgIpc) is 3.66. The minimum atomic E-state index is 1.16. The van der Waals surface area contributed by atoms with Crippen LogP contribution in [0.1, 0.15) is 0 Å². The van der Waals surface area contributed by atoms with Gasteiger partial charge in [0, 0.05) is 32.9 Å². The number of benzene rings is 8. The van der Waals surface area contributed by atoms with Crippen LogP contribution in [0.4, 0.5) is 0 Å². The van der Waals surface area contributed by atoms with Crippen molar-refractivity contribution in [2.45, 2.75) is 0 Å². The van der Waals surface area contributed by atoms with E-state index in [1.54, 1.807) is 0 Å². The normalized spacial score (nSPS) is 11.8. The smallest absolute Gasteiger partial charge is 0.0548 e. The lowest BCUT2D eigenvalue weighted by atomic mass is 10.0. The van der Waals surface area contributed by atoms with E-state index in [2.05, 4.69) is 191 Å². The molecular weight excluding hydrogens is 581 g/mol. The van der Waals surface area contributed by atoms with Gasteiger partial charge in [-0.3, -0.25) is 0 Å². The van der Waals surface area contributed by atoms with Crippen molar-refractivity contribution in [1.29, 1.82) is 0 Å². The Hall–Kier alpha value is -6.38. The Morgan fingerprint density at radius 2 is 0.688 bits per heavy atom. The molecule has 8 aromatic carbocycles. The third kappa shape index (κ3) is 4.13. The van der Waals surface area contributed by atoms with Crippen LogP contribution in [-0.2, 0) is 0 Å². The highest BCUT2D eigenvalue weighted by Crippen LogP contribution is 2.40. The molecule has 0 aliphatic carbocycles.